The summed E-state index contributed by atoms with van der Waals surface area (Å²) in [7, 11) is -2.56. The molecule has 144 valence electrons. The van der Waals surface area contributed by atoms with Gasteiger partial charge in [0.1, 0.15) is 6.19 Å². The number of hydrogen-bond acceptors (Lipinski definition) is 1. The zero-order valence-electron chi connectivity index (χ0n) is 15.9. The number of rotatable bonds is 5. The van der Waals surface area contributed by atoms with Crippen LogP contribution in [0.5, 0.6) is 0 Å². The van der Waals surface area contributed by atoms with E-state index < -0.39 is 13.4 Å². The minimum absolute atomic E-state index is 1.03. The first-order valence-electron chi connectivity index (χ1n) is 9.38. The molecule has 0 aliphatic heterocycles. The highest BCUT2D eigenvalue weighted by Crippen LogP contribution is 2.56. The third kappa shape index (κ3) is 4.06. The van der Waals surface area contributed by atoms with E-state index in [2.05, 4.69) is 48.5 Å². The SMILES string of the molecule is NP(=NP(=S)(c1ccccc1)c1ccccc1)(c1ccccc1)c1ccccc1. The molecular weight excluding hydrogens is 410 g/mol. The first-order chi connectivity index (χ1) is 14.1. The van der Waals surface area contributed by atoms with Crippen LogP contribution in [0, 0.1) is 0 Å². The summed E-state index contributed by atoms with van der Waals surface area (Å²) in [5, 5.41) is 4.19. The van der Waals surface area contributed by atoms with Crippen LogP contribution in [-0.4, -0.2) is 0 Å². The minimum atomic E-state index is -2.56. The number of hydrogen-bond donors (Lipinski definition) is 1. The summed E-state index contributed by atoms with van der Waals surface area (Å²) in [6.45, 7) is 0. The van der Waals surface area contributed by atoms with Crippen LogP contribution in [0.15, 0.2) is 126 Å². The molecule has 4 aromatic rings. The van der Waals surface area contributed by atoms with Gasteiger partial charge in [-0.15, -0.1) is 0 Å². The van der Waals surface area contributed by atoms with Gasteiger partial charge in [0.25, 0.3) is 0 Å². The van der Waals surface area contributed by atoms with Crippen molar-refractivity contribution in [3.05, 3.63) is 121 Å². The lowest BCUT2D eigenvalue weighted by atomic mass is 10.4. The molecule has 2 N–H and O–H groups in total. The van der Waals surface area contributed by atoms with E-state index >= 15 is 0 Å². The molecule has 0 aromatic heterocycles. The molecule has 0 atom stereocenters. The van der Waals surface area contributed by atoms with Crippen molar-refractivity contribution in [3.63, 3.8) is 0 Å². The van der Waals surface area contributed by atoms with Crippen molar-refractivity contribution in [2.75, 3.05) is 0 Å². The maximum atomic E-state index is 7.21. The Morgan fingerprint density at radius 2 is 0.759 bits per heavy atom. The van der Waals surface area contributed by atoms with E-state index in [9.17, 15) is 0 Å². The van der Waals surface area contributed by atoms with Crippen LogP contribution in [0.2, 0.25) is 0 Å². The average Bonchev–Trinajstić information content (AvgIpc) is 2.81. The molecule has 29 heavy (non-hydrogen) atoms. The fourth-order valence-electron chi connectivity index (χ4n) is 3.27. The summed E-state index contributed by atoms with van der Waals surface area (Å²) in [6.07, 6.45) is -2.49. The molecule has 2 nitrogen and oxygen atoms in total. The highest BCUT2D eigenvalue weighted by Gasteiger charge is 2.28. The Morgan fingerprint density at radius 3 is 1.07 bits per heavy atom. The summed E-state index contributed by atoms with van der Waals surface area (Å²) < 4.78 is 5.44. The second kappa shape index (κ2) is 8.61. The standard InChI is InChI=1S/C24H22N2P2S/c25-27(21-13-5-1-6-14-21,22-15-7-2-8-16-22)26-28(29,23-17-9-3-10-18-23)24-19-11-4-12-20-24/h1-20H,25H2. The molecule has 0 amide bonds. The van der Waals surface area contributed by atoms with Crippen LogP contribution >= 0.6 is 13.4 Å². The molecule has 0 unspecified atom stereocenters. The van der Waals surface area contributed by atoms with Crippen LogP contribution in [0.3, 0.4) is 0 Å². The zero-order chi connectivity index (χ0) is 20.2. The minimum Gasteiger partial charge on any atom is -0.290 e. The normalized spacial score (nSPS) is 11.8. The van der Waals surface area contributed by atoms with Crippen LogP contribution in [-0.2, 0) is 11.8 Å². The van der Waals surface area contributed by atoms with Gasteiger partial charge >= 0.3 is 0 Å². The molecule has 4 aromatic carbocycles. The molecule has 0 aliphatic carbocycles. The predicted molar refractivity (Wildman–Crippen MR) is 132 cm³/mol. The Kier molecular flexibility index (Phi) is 5.94. The van der Waals surface area contributed by atoms with Crippen molar-refractivity contribution in [1.29, 1.82) is 0 Å². The maximum Gasteiger partial charge on any atom is 0.113 e. The van der Waals surface area contributed by atoms with Gasteiger partial charge in [0.2, 0.25) is 0 Å². The second-order valence-electron chi connectivity index (χ2n) is 6.69. The number of nitrogens with zero attached hydrogens (tertiary/aromatic N) is 1. The second-order valence-corrected chi connectivity index (χ2v) is 13.6. The molecule has 0 radical (unpaired) electrons. The molecule has 0 aliphatic rings. The largest absolute Gasteiger partial charge is 0.290 e. The first kappa shape index (κ1) is 20.0. The van der Waals surface area contributed by atoms with Gasteiger partial charge < -0.3 is 0 Å². The van der Waals surface area contributed by atoms with Gasteiger partial charge in [0.15, 0.2) is 0 Å². The molecule has 0 saturated carbocycles. The Morgan fingerprint density at radius 1 is 0.483 bits per heavy atom. The van der Waals surface area contributed by atoms with Crippen molar-refractivity contribution in [3.8, 4) is 0 Å². The van der Waals surface area contributed by atoms with Crippen molar-refractivity contribution >= 4 is 46.4 Å². The number of benzene rings is 4. The molecule has 0 fully saturated rings. The van der Waals surface area contributed by atoms with Crippen molar-refractivity contribution in [2.45, 2.75) is 0 Å². The topological polar surface area (TPSA) is 38.4 Å². The Hall–Kier alpha value is -2.28. The molecular formula is C24H22N2P2S. The lowest BCUT2D eigenvalue weighted by molar-refractivity contribution is 1.68. The summed E-state index contributed by atoms with van der Waals surface area (Å²) in [5.41, 5.74) is 7.21. The van der Waals surface area contributed by atoms with Crippen molar-refractivity contribution < 1.29 is 0 Å². The molecule has 4 rings (SSSR count). The third-order valence-electron chi connectivity index (χ3n) is 4.78. The average molecular weight is 432 g/mol. The lowest BCUT2D eigenvalue weighted by Gasteiger charge is -2.27. The van der Waals surface area contributed by atoms with Crippen LogP contribution in [0.4, 0.5) is 0 Å². The Bertz CT molecular complexity index is 1090. The van der Waals surface area contributed by atoms with E-state index in [0.29, 0.717) is 0 Å². The van der Waals surface area contributed by atoms with Gasteiger partial charge in [0, 0.05) is 21.2 Å². The first-order valence-corrected chi connectivity index (χ1v) is 13.9. The van der Waals surface area contributed by atoms with Gasteiger partial charge in [-0.05, 0) is 0 Å². The Balaban J connectivity index is 2.06. The smallest absolute Gasteiger partial charge is 0.113 e. The highest BCUT2D eigenvalue weighted by atomic mass is 32.4. The number of nitrogens with two attached hydrogens (primary N) is 1. The summed E-state index contributed by atoms with van der Waals surface area (Å²) in [4.78, 5) is 0. The van der Waals surface area contributed by atoms with Crippen LogP contribution in [0.1, 0.15) is 0 Å². The summed E-state index contributed by atoms with van der Waals surface area (Å²) in [5.74, 6) is 0. The molecule has 0 heterocycles. The predicted octanol–water partition coefficient (Wildman–Crippen LogP) is 4.76. The van der Waals surface area contributed by atoms with E-state index in [4.69, 9.17) is 21.8 Å². The van der Waals surface area contributed by atoms with Gasteiger partial charge in [-0.2, -0.15) is 0 Å². The van der Waals surface area contributed by atoms with E-state index in [0.717, 1.165) is 21.2 Å². The lowest BCUT2D eigenvalue weighted by Crippen LogP contribution is -2.24. The van der Waals surface area contributed by atoms with E-state index in [1.807, 2.05) is 72.8 Å². The molecule has 0 spiro atoms. The fraction of sp³-hybridized carbons (Fsp3) is 0. The van der Waals surface area contributed by atoms with Crippen LogP contribution in [0.25, 0.3) is 0 Å². The van der Waals surface area contributed by atoms with Crippen LogP contribution < -0.4 is 26.7 Å². The fourth-order valence-corrected chi connectivity index (χ4v) is 11.3. The quantitative estimate of drug-likeness (QED) is 0.462. The summed E-state index contributed by atoms with van der Waals surface area (Å²) in [6, 6.07) is 40.8. The zero-order valence-corrected chi connectivity index (χ0v) is 18.5. The van der Waals surface area contributed by atoms with E-state index in [1.165, 1.54) is 0 Å². The van der Waals surface area contributed by atoms with E-state index in [-0.39, 0.29) is 0 Å². The molecule has 5 heteroatoms. The highest BCUT2D eigenvalue weighted by molar-refractivity contribution is 8.22. The van der Waals surface area contributed by atoms with E-state index in [1.54, 1.807) is 0 Å². The monoisotopic (exact) mass is 432 g/mol. The summed E-state index contributed by atoms with van der Waals surface area (Å²) >= 11 is 6.38. The third-order valence-corrected chi connectivity index (χ3v) is 13.0. The van der Waals surface area contributed by atoms with Crippen molar-refractivity contribution in [1.82, 2.24) is 0 Å². The van der Waals surface area contributed by atoms with Gasteiger partial charge in [-0.3, -0.25) is 5.50 Å². The molecule has 0 bridgehead atoms. The van der Waals surface area contributed by atoms with Gasteiger partial charge in [0.05, 0.1) is 7.21 Å². The Labute approximate surface area is 177 Å². The van der Waals surface area contributed by atoms with Gasteiger partial charge in [-0.1, -0.05) is 133 Å². The van der Waals surface area contributed by atoms with Gasteiger partial charge in [-0.25, -0.2) is 4.52 Å². The molecule has 0 saturated heterocycles. The maximum absolute atomic E-state index is 7.21. The van der Waals surface area contributed by atoms with Crippen molar-refractivity contribution in [2.24, 2.45) is 10.0 Å².